The second-order valence-corrected chi connectivity index (χ2v) is 5.18. The van der Waals surface area contributed by atoms with Crippen molar-refractivity contribution in [2.75, 3.05) is 13.2 Å². The zero-order valence-electron chi connectivity index (χ0n) is 10.7. The molecule has 6 nitrogen and oxygen atoms in total. The van der Waals surface area contributed by atoms with E-state index < -0.39 is 0 Å². The first kappa shape index (κ1) is 12.4. The number of aliphatic hydroxyl groups is 1. The van der Waals surface area contributed by atoms with Crippen molar-refractivity contribution in [3.8, 4) is 0 Å². The van der Waals surface area contributed by atoms with E-state index in [-0.39, 0.29) is 18.7 Å². The Morgan fingerprint density at radius 2 is 2.18 bits per heavy atom. The van der Waals surface area contributed by atoms with Gasteiger partial charge < -0.3 is 5.11 Å². The van der Waals surface area contributed by atoms with E-state index in [9.17, 15) is 5.11 Å². The third-order valence-corrected chi connectivity index (χ3v) is 3.38. The lowest BCUT2D eigenvalue weighted by molar-refractivity contribution is 0.112. The highest BCUT2D eigenvalue weighted by atomic mass is 16.3. The van der Waals surface area contributed by atoms with Crippen molar-refractivity contribution in [3.05, 3.63) is 5.82 Å². The van der Waals surface area contributed by atoms with Gasteiger partial charge in [-0.2, -0.15) is 0 Å². The van der Waals surface area contributed by atoms with Gasteiger partial charge in [0.25, 0.3) is 0 Å². The highest BCUT2D eigenvalue weighted by molar-refractivity contribution is 4.99. The quantitative estimate of drug-likeness (QED) is 0.822. The van der Waals surface area contributed by atoms with E-state index in [1.807, 2.05) is 7.05 Å². The van der Waals surface area contributed by atoms with Crippen LogP contribution in [-0.4, -0.2) is 49.4 Å². The number of aromatic nitrogens is 4. The van der Waals surface area contributed by atoms with Crippen molar-refractivity contribution >= 4 is 0 Å². The molecular formula is C11H21N5O. The van der Waals surface area contributed by atoms with E-state index in [2.05, 4.69) is 34.3 Å². The largest absolute Gasteiger partial charge is 0.395 e. The SMILES string of the molecule is CC(C)CN1[C@H](CO)CC[C@H]1c1nnnn1C. The van der Waals surface area contributed by atoms with Gasteiger partial charge in [0, 0.05) is 19.6 Å². The highest BCUT2D eigenvalue weighted by Crippen LogP contribution is 2.34. The van der Waals surface area contributed by atoms with E-state index >= 15 is 0 Å². The van der Waals surface area contributed by atoms with Crippen LogP contribution in [0.5, 0.6) is 0 Å². The van der Waals surface area contributed by atoms with E-state index in [0.717, 1.165) is 25.2 Å². The number of aryl methyl sites for hydroxylation is 1. The van der Waals surface area contributed by atoms with E-state index in [4.69, 9.17) is 0 Å². The fourth-order valence-corrected chi connectivity index (χ4v) is 2.63. The molecular weight excluding hydrogens is 218 g/mol. The molecule has 0 aliphatic carbocycles. The highest BCUT2D eigenvalue weighted by Gasteiger charge is 2.36. The van der Waals surface area contributed by atoms with Crippen LogP contribution in [0.25, 0.3) is 0 Å². The Morgan fingerprint density at radius 3 is 2.71 bits per heavy atom. The summed E-state index contributed by atoms with van der Waals surface area (Å²) in [7, 11) is 1.87. The van der Waals surface area contributed by atoms with E-state index in [1.165, 1.54) is 0 Å². The van der Waals surface area contributed by atoms with Crippen LogP contribution in [0.3, 0.4) is 0 Å². The molecule has 2 rings (SSSR count). The van der Waals surface area contributed by atoms with Crippen molar-refractivity contribution < 1.29 is 5.11 Å². The van der Waals surface area contributed by atoms with Crippen LogP contribution in [0.1, 0.15) is 38.6 Å². The molecule has 1 aliphatic rings. The smallest absolute Gasteiger partial charge is 0.168 e. The first-order valence-electron chi connectivity index (χ1n) is 6.22. The molecule has 2 heterocycles. The maximum Gasteiger partial charge on any atom is 0.168 e. The zero-order chi connectivity index (χ0) is 12.4. The number of aliphatic hydroxyl groups excluding tert-OH is 1. The van der Waals surface area contributed by atoms with Crippen LogP contribution in [0, 0.1) is 5.92 Å². The number of hydrogen-bond donors (Lipinski definition) is 1. The predicted octanol–water partition coefficient (Wildman–Crippen LogP) is 0.364. The fourth-order valence-electron chi connectivity index (χ4n) is 2.63. The molecule has 1 aromatic rings. The minimum Gasteiger partial charge on any atom is -0.395 e. The lowest BCUT2D eigenvalue weighted by atomic mass is 10.1. The third-order valence-electron chi connectivity index (χ3n) is 3.38. The van der Waals surface area contributed by atoms with Crippen molar-refractivity contribution in [1.29, 1.82) is 0 Å². The maximum atomic E-state index is 9.43. The Hall–Kier alpha value is -1.01. The molecule has 96 valence electrons. The number of nitrogens with zero attached hydrogens (tertiary/aromatic N) is 5. The molecule has 1 saturated heterocycles. The molecule has 0 saturated carbocycles. The molecule has 1 aromatic heterocycles. The molecule has 0 spiro atoms. The van der Waals surface area contributed by atoms with Gasteiger partial charge in [0.05, 0.1) is 12.6 Å². The van der Waals surface area contributed by atoms with Crippen LogP contribution < -0.4 is 0 Å². The second-order valence-electron chi connectivity index (χ2n) is 5.18. The molecule has 1 aliphatic heterocycles. The molecule has 1 N–H and O–H groups in total. The van der Waals surface area contributed by atoms with Crippen molar-refractivity contribution in [3.63, 3.8) is 0 Å². The van der Waals surface area contributed by atoms with Crippen molar-refractivity contribution in [1.82, 2.24) is 25.1 Å². The van der Waals surface area contributed by atoms with Gasteiger partial charge in [-0.15, -0.1) is 5.10 Å². The Morgan fingerprint density at radius 1 is 1.41 bits per heavy atom. The molecule has 0 radical (unpaired) electrons. The summed E-state index contributed by atoms with van der Waals surface area (Å²) in [6, 6.07) is 0.494. The number of likely N-dealkylation sites (tertiary alicyclic amines) is 1. The van der Waals surface area contributed by atoms with Gasteiger partial charge in [-0.05, 0) is 29.2 Å². The molecule has 0 unspecified atom stereocenters. The average Bonchev–Trinajstić information content (AvgIpc) is 2.84. The van der Waals surface area contributed by atoms with Gasteiger partial charge in [0.1, 0.15) is 0 Å². The van der Waals surface area contributed by atoms with Gasteiger partial charge >= 0.3 is 0 Å². The lowest BCUT2D eigenvalue weighted by Gasteiger charge is -2.29. The van der Waals surface area contributed by atoms with Gasteiger partial charge in [0.15, 0.2) is 5.82 Å². The Balaban J connectivity index is 2.18. The number of rotatable bonds is 4. The molecule has 0 aromatic carbocycles. The van der Waals surface area contributed by atoms with Gasteiger partial charge in [-0.1, -0.05) is 13.8 Å². The minimum atomic E-state index is 0.217. The third kappa shape index (κ3) is 2.47. The first-order chi connectivity index (χ1) is 8.13. The summed E-state index contributed by atoms with van der Waals surface area (Å²) < 4.78 is 1.73. The topological polar surface area (TPSA) is 67.1 Å². The Labute approximate surface area is 102 Å². The molecule has 17 heavy (non-hydrogen) atoms. The summed E-state index contributed by atoms with van der Waals surface area (Å²) in [6.07, 6.45) is 2.03. The van der Waals surface area contributed by atoms with Crippen LogP contribution in [-0.2, 0) is 7.05 Å². The molecule has 2 atom stereocenters. The van der Waals surface area contributed by atoms with Crippen molar-refractivity contribution in [2.24, 2.45) is 13.0 Å². The Kier molecular flexibility index (Phi) is 3.73. The van der Waals surface area contributed by atoms with Gasteiger partial charge in [0.2, 0.25) is 0 Å². The summed E-state index contributed by atoms with van der Waals surface area (Å²) in [4.78, 5) is 2.34. The minimum absolute atomic E-state index is 0.217. The molecule has 6 heteroatoms. The standard InChI is InChI=1S/C11H21N5O/c1-8(2)6-16-9(7-17)4-5-10(16)11-12-13-14-15(11)3/h8-10,17H,4-7H2,1-3H3/t9-,10-/m0/s1. The average molecular weight is 239 g/mol. The van der Waals surface area contributed by atoms with Crippen molar-refractivity contribution in [2.45, 2.75) is 38.8 Å². The summed E-state index contributed by atoms with van der Waals surface area (Å²) in [6.45, 7) is 5.58. The normalized spacial score (nSPS) is 25.9. The second kappa shape index (κ2) is 5.10. The molecule has 0 bridgehead atoms. The number of tetrazole rings is 1. The van der Waals surface area contributed by atoms with E-state index in [0.29, 0.717) is 5.92 Å². The number of hydrogen-bond acceptors (Lipinski definition) is 5. The summed E-state index contributed by atoms with van der Waals surface area (Å²) in [5, 5.41) is 21.1. The van der Waals surface area contributed by atoms with Gasteiger partial charge in [-0.25, -0.2) is 4.68 Å². The predicted molar refractivity (Wildman–Crippen MR) is 63.2 cm³/mol. The van der Waals surface area contributed by atoms with Crippen LogP contribution in [0.15, 0.2) is 0 Å². The summed E-state index contributed by atoms with van der Waals surface area (Å²) >= 11 is 0. The van der Waals surface area contributed by atoms with Crippen LogP contribution in [0.2, 0.25) is 0 Å². The first-order valence-corrected chi connectivity index (χ1v) is 6.22. The fraction of sp³-hybridized carbons (Fsp3) is 0.909. The Bertz CT molecular complexity index is 364. The zero-order valence-corrected chi connectivity index (χ0v) is 10.7. The van der Waals surface area contributed by atoms with E-state index in [1.54, 1.807) is 4.68 Å². The van der Waals surface area contributed by atoms with Crippen LogP contribution >= 0.6 is 0 Å². The lowest BCUT2D eigenvalue weighted by Crippen LogP contribution is -2.37. The molecule has 1 fully saturated rings. The maximum absolute atomic E-state index is 9.43. The molecule has 0 amide bonds. The summed E-state index contributed by atoms with van der Waals surface area (Å²) in [5.41, 5.74) is 0. The van der Waals surface area contributed by atoms with Crippen LogP contribution in [0.4, 0.5) is 0 Å². The summed E-state index contributed by atoms with van der Waals surface area (Å²) in [5.74, 6) is 1.48. The monoisotopic (exact) mass is 239 g/mol. The van der Waals surface area contributed by atoms with Gasteiger partial charge in [-0.3, -0.25) is 4.90 Å².